The minimum Gasteiger partial charge on any atom is -0.472 e. The summed E-state index contributed by atoms with van der Waals surface area (Å²) in [4.78, 5) is 50.2. The molecule has 0 radical (unpaired) electrons. The summed E-state index contributed by atoms with van der Waals surface area (Å²) in [6, 6.07) is 12.6. The number of benzene rings is 2. The molecule has 3 aromatic rings. The van der Waals surface area contributed by atoms with Gasteiger partial charge in [-0.2, -0.15) is 0 Å². The number of hydrogen-bond donors (Lipinski definition) is 1. The number of fused-ring (bicyclic) bond motifs is 2. The lowest BCUT2D eigenvalue weighted by atomic mass is 9.83. The molecule has 0 saturated carbocycles. The van der Waals surface area contributed by atoms with Crippen LogP contribution >= 0.6 is 0 Å². The van der Waals surface area contributed by atoms with Crippen LogP contribution in [0.5, 0.6) is 0 Å². The lowest BCUT2D eigenvalue weighted by Crippen LogP contribution is -2.31. The second kappa shape index (κ2) is 7.20. The molecule has 0 spiro atoms. The van der Waals surface area contributed by atoms with Crippen molar-refractivity contribution in [2.24, 2.45) is 0 Å². The van der Waals surface area contributed by atoms with E-state index in [1.54, 1.807) is 36.4 Å². The molecule has 7 nitrogen and oxygen atoms in total. The summed E-state index contributed by atoms with van der Waals surface area (Å²) in [5.41, 5.74) is 1.32. The van der Waals surface area contributed by atoms with E-state index in [-0.39, 0.29) is 39.5 Å². The summed E-state index contributed by atoms with van der Waals surface area (Å²) in [7, 11) is 0. The zero-order valence-corrected chi connectivity index (χ0v) is 15.3. The fraction of sp³-hybridized carbons (Fsp3) is 0.0909. The molecular weight excluding hydrogens is 374 g/mol. The van der Waals surface area contributed by atoms with Gasteiger partial charge < -0.3 is 14.5 Å². The van der Waals surface area contributed by atoms with Crippen LogP contribution < -0.4 is 5.32 Å². The minimum absolute atomic E-state index is 0.123. The number of hydrogen-bond acceptors (Lipinski definition) is 6. The molecule has 1 aliphatic rings. The molecule has 2 aromatic carbocycles. The molecule has 0 saturated heterocycles. The third kappa shape index (κ3) is 3.23. The number of amides is 1. The van der Waals surface area contributed by atoms with Gasteiger partial charge in [-0.3, -0.25) is 14.4 Å². The van der Waals surface area contributed by atoms with Crippen LogP contribution in [0, 0.1) is 0 Å². The molecule has 1 unspecified atom stereocenters. The van der Waals surface area contributed by atoms with Gasteiger partial charge in [0.2, 0.25) is 0 Å². The normalized spacial score (nSPS) is 13.3. The van der Waals surface area contributed by atoms with E-state index in [1.165, 1.54) is 31.6 Å². The van der Waals surface area contributed by atoms with Crippen LogP contribution in [0.3, 0.4) is 0 Å². The summed E-state index contributed by atoms with van der Waals surface area (Å²) in [5, 5.41) is 2.59. The Labute approximate surface area is 165 Å². The van der Waals surface area contributed by atoms with Gasteiger partial charge in [-0.15, -0.1) is 0 Å². The van der Waals surface area contributed by atoms with E-state index in [0.717, 1.165) is 0 Å². The third-order valence-electron chi connectivity index (χ3n) is 4.62. The highest BCUT2D eigenvalue weighted by Crippen LogP contribution is 2.32. The van der Waals surface area contributed by atoms with E-state index in [9.17, 15) is 19.2 Å². The molecule has 1 aromatic heterocycles. The lowest BCUT2D eigenvalue weighted by molar-refractivity contribution is -0.123. The number of carbonyl (C=O) groups is 4. The first kappa shape index (κ1) is 18.4. The molecule has 0 fully saturated rings. The number of ketones is 2. The smallest absolute Gasteiger partial charge is 0.342 e. The van der Waals surface area contributed by atoms with Crippen molar-refractivity contribution in [3.63, 3.8) is 0 Å². The quantitative estimate of drug-likeness (QED) is 0.538. The highest BCUT2D eigenvalue weighted by Gasteiger charge is 2.32. The first-order valence-electron chi connectivity index (χ1n) is 8.83. The van der Waals surface area contributed by atoms with Gasteiger partial charge in [0.1, 0.15) is 6.26 Å². The summed E-state index contributed by atoms with van der Waals surface area (Å²) < 4.78 is 9.93. The van der Waals surface area contributed by atoms with Crippen molar-refractivity contribution in [1.82, 2.24) is 0 Å². The predicted molar refractivity (Wildman–Crippen MR) is 102 cm³/mol. The molecule has 4 rings (SSSR count). The Hall–Kier alpha value is -4.00. The number of anilines is 1. The van der Waals surface area contributed by atoms with Crippen molar-refractivity contribution in [2.45, 2.75) is 13.0 Å². The fourth-order valence-corrected chi connectivity index (χ4v) is 3.15. The van der Waals surface area contributed by atoms with Crippen molar-refractivity contribution in [2.75, 3.05) is 5.32 Å². The molecule has 0 bridgehead atoms. The average molecular weight is 389 g/mol. The standard InChI is InChI=1S/C22H15NO6/c1-12(29-22(27)13-9-10-28-11-13)21(26)23-17-8-4-7-16-18(17)20(25)15-6-3-2-5-14(15)19(16)24/h2-12H,1H3,(H,23,26). The molecule has 1 amide bonds. The summed E-state index contributed by atoms with van der Waals surface area (Å²) in [5.74, 6) is -1.98. The van der Waals surface area contributed by atoms with Crippen LogP contribution in [0.25, 0.3) is 0 Å². The monoisotopic (exact) mass is 389 g/mol. The first-order valence-corrected chi connectivity index (χ1v) is 8.83. The van der Waals surface area contributed by atoms with Crippen LogP contribution in [0.1, 0.15) is 49.1 Å². The van der Waals surface area contributed by atoms with Crippen LogP contribution in [-0.2, 0) is 9.53 Å². The Bertz CT molecular complexity index is 1150. The SMILES string of the molecule is CC(OC(=O)c1ccoc1)C(=O)Nc1cccc2c1C(=O)c1ccccc1C2=O. The molecule has 1 N–H and O–H groups in total. The van der Waals surface area contributed by atoms with Gasteiger partial charge >= 0.3 is 5.97 Å². The number of carbonyl (C=O) groups excluding carboxylic acids is 4. The average Bonchev–Trinajstić information content (AvgIpc) is 3.27. The molecule has 144 valence electrons. The molecule has 1 atom stereocenters. The zero-order chi connectivity index (χ0) is 20.5. The molecule has 1 aliphatic carbocycles. The maximum Gasteiger partial charge on any atom is 0.342 e. The molecule has 29 heavy (non-hydrogen) atoms. The van der Waals surface area contributed by atoms with Gasteiger partial charge in [0.25, 0.3) is 5.91 Å². The van der Waals surface area contributed by atoms with Gasteiger partial charge in [0.05, 0.1) is 23.1 Å². The Morgan fingerprint density at radius 3 is 2.31 bits per heavy atom. The number of furan rings is 1. The Morgan fingerprint density at radius 2 is 1.62 bits per heavy atom. The Kier molecular flexibility index (Phi) is 4.56. The van der Waals surface area contributed by atoms with Crippen molar-refractivity contribution >= 4 is 29.1 Å². The van der Waals surface area contributed by atoms with E-state index in [2.05, 4.69) is 5.32 Å². The maximum absolute atomic E-state index is 13.0. The van der Waals surface area contributed by atoms with E-state index in [0.29, 0.717) is 5.56 Å². The van der Waals surface area contributed by atoms with E-state index < -0.39 is 18.0 Å². The summed E-state index contributed by atoms with van der Waals surface area (Å²) >= 11 is 0. The number of rotatable bonds is 4. The summed E-state index contributed by atoms with van der Waals surface area (Å²) in [6.45, 7) is 1.41. The number of nitrogens with one attached hydrogen (secondary N) is 1. The Balaban J connectivity index is 1.59. The maximum atomic E-state index is 13.0. The van der Waals surface area contributed by atoms with Crippen molar-refractivity contribution in [1.29, 1.82) is 0 Å². The minimum atomic E-state index is -1.13. The zero-order valence-electron chi connectivity index (χ0n) is 15.3. The van der Waals surface area contributed by atoms with E-state index in [4.69, 9.17) is 9.15 Å². The van der Waals surface area contributed by atoms with Crippen LogP contribution in [0.15, 0.2) is 65.5 Å². The van der Waals surface area contributed by atoms with Crippen LogP contribution in [-0.4, -0.2) is 29.5 Å². The summed E-state index contributed by atoms with van der Waals surface area (Å²) in [6.07, 6.45) is 1.40. The van der Waals surface area contributed by atoms with Crippen LogP contribution in [0.2, 0.25) is 0 Å². The van der Waals surface area contributed by atoms with Crippen LogP contribution in [0.4, 0.5) is 5.69 Å². The predicted octanol–water partition coefficient (Wildman–Crippen LogP) is 3.24. The molecule has 0 aliphatic heterocycles. The molecule has 1 heterocycles. The van der Waals surface area contributed by atoms with Gasteiger partial charge in [-0.25, -0.2) is 4.79 Å². The van der Waals surface area contributed by atoms with Crippen molar-refractivity contribution in [3.8, 4) is 0 Å². The van der Waals surface area contributed by atoms with Gasteiger partial charge in [-0.1, -0.05) is 36.4 Å². The van der Waals surface area contributed by atoms with Gasteiger partial charge in [-0.05, 0) is 19.1 Å². The third-order valence-corrected chi connectivity index (χ3v) is 4.62. The number of ether oxygens (including phenoxy) is 1. The fourth-order valence-electron chi connectivity index (χ4n) is 3.15. The van der Waals surface area contributed by atoms with Gasteiger partial charge in [0, 0.05) is 16.7 Å². The van der Waals surface area contributed by atoms with E-state index in [1.807, 2.05) is 0 Å². The largest absolute Gasteiger partial charge is 0.472 e. The lowest BCUT2D eigenvalue weighted by Gasteiger charge is -2.21. The second-order valence-corrected chi connectivity index (χ2v) is 6.48. The first-order chi connectivity index (χ1) is 14.0. The molecule has 7 heteroatoms. The molecular formula is C22H15NO6. The highest BCUT2D eigenvalue weighted by molar-refractivity contribution is 6.30. The van der Waals surface area contributed by atoms with Gasteiger partial charge in [0.15, 0.2) is 17.7 Å². The van der Waals surface area contributed by atoms with Crippen molar-refractivity contribution < 1.29 is 28.3 Å². The van der Waals surface area contributed by atoms with Crippen molar-refractivity contribution in [3.05, 3.63) is 88.9 Å². The number of esters is 1. The van der Waals surface area contributed by atoms with E-state index >= 15 is 0 Å². The topological polar surface area (TPSA) is 103 Å². The Morgan fingerprint density at radius 1 is 0.931 bits per heavy atom. The second-order valence-electron chi connectivity index (χ2n) is 6.48. The highest BCUT2D eigenvalue weighted by atomic mass is 16.5.